The van der Waals surface area contributed by atoms with Crippen molar-refractivity contribution in [2.24, 2.45) is 5.73 Å². The maximum absolute atomic E-state index is 14.2. The maximum Gasteiger partial charge on any atom is 0.255 e. The lowest BCUT2D eigenvalue weighted by Gasteiger charge is -2.36. The van der Waals surface area contributed by atoms with Gasteiger partial charge in [-0.25, -0.2) is 14.4 Å². The number of ether oxygens (including phenoxy) is 1. The van der Waals surface area contributed by atoms with Gasteiger partial charge in [0.15, 0.2) is 24.0 Å². The Morgan fingerprint density at radius 1 is 1.30 bits per heavy atom. The highest BCUT2D eigenvalue weighted by Crippen LogP contribution is 2.36. The van der Waals surface area contributed by atoms with Crippen LogP contribution in [-0.2, 0) is 11.2 Å². The van der Waals surface area contributed by atoms with Gasteiger partial charge < -0.3 is 15.4 Å². The molecule has 30 heavy (non-hydrogen) atoms. The van der Waals surface area contributed by atoms with E-state index in [4.69, 9.17) is 10.5 Å². The predicted molar refractivity (Wildman–Crippen MR) is 106 cm³/mol. The Labute approximate surface area is 171 Å². The SMILES string of the molecule is CC1c2cnc(-c3ccccn3)nc2CCN1c1cc(F)c(F)c(OCC(N)=O)c1. The number of halogens is 2. The average molecular weight is 411 g/mol. The number of hydrogen-bond acceptors (Lipinski definition) is 6. The van der Waals surface area contributed by atoms with Gasteiger partial charge in [0.05, 0.1) is 11.7 Å². The Morgan fingerprint density at radius 3 is 2.87 bits per heavy atom. The van der Waals surface area contributed by atoms with Gasteiger partial charge in [-0.2, -0.15) is 4.39 Å². The topological polar surface area (TPSA) is 94.2 Å². The van der Waals surface area contributed by atoms with Gasteiger partial charge in [0.25, 0.3) is 5.91 Å². The minimum absolute atomic E-state index is 0.180. The minimum atomic E-state index is -1.16. The van der Waals surface area contributed by atoms with Gasteiger partial charge in [0, 0.05) is 48.7 Å². The molecule has 9 heteroatoms. The van der Waals surface area contributed by atoms with Crippen LogP contribution in [0, 0.1) is 11.6 Å². The number of aromatic nitrogens is 3. The summed E-state index contributed by atoms with van der Waals surface area (Å²) >= 11 is 0. The van der Waals surface area contributed by atoms with Crippen molar-refractivity contribution in [2.75, 3.05) is 18.1 Å². The zero-order chi connectivity index (χ0) is 21.3. The molecule has 1 aliphatic heterocycles. The Balaban J connectivity index is 1.63. The van der Waals surface area contributed by atoms with Gasteiger partial charge in [-0.1, -0.05) is 6.07 Å². The van der Waals surface area contributed by atoms with E-state index in [-0.39, 0.29) is 11.8 Å². The van der Waals surface area contributed by atoms with E-state index in [1.807, 2.05) is 30.0 Å². The zero-order valence-electron chi connectivity index (χ0n) is 16.2. The molecule has 7 nitrogen and oxygen atoms in total. The Morgan fingerprint density at radius 2 is 2.13 bits per heavy atom. The molecule has 4 rings (SSSR count). The molecule has 1 aromatic carbocycles. The largest absolute Gasteiger partial charge is 0.481 e. The second kappa shape index (κ2) is 8.02. The van der Waals surface area contributed by atoms with Crippen LogP contribution in [-0.4, -0.2) is 34.0 Å². The van der Waals surface area contributed by atoms with Crippen molar-refractivity contribution in [1.29, 1.82) is 0 Å². The smallest absolute Gasteiger partial charge is 0.255 e. The van der Waals surface area contributed by atoms with Crippen molar-refractivity contribution in [3.05, 3.63) is 65.6 Å². The van der Waals surface area contributed by atoms with E-state index < -0.39 is 24.1 Å². The molecular weight excluding hydrogens is 392 g/mol. The lowest BCUT2D eigenvalue weighted by Crippen LogP contribution is -2.35. The standard InChI is InChI=1S/C21H19F2N5O2/c1-12-14-10-26-21(17-4-2-3-6-25-17)27-16(14)5-7-28(12)13-8-15(22)20(23)18(9-13)30-11-19(24)29/h2-4,6,8-10,12H,5,7,11H2,1H3,(H2,24,29). The van der Waals surface area contributed by atoms with Crippen LogP contribution < -0.4 is 15.4 Å². The molecule has 1 atom stereocenters. The van der Waals surface area contributed by atoms with Crippen molar-refractivity contribution in [1.82, 2.24) is 15.0 Å². The van der Waals surface area contributed by atoms with Crippen LogP contribution in [0.1, 0.15) is 24.2 Å². The van der Waals surface area contributed by atoms with Crippen LogP contribution in [0.5, 0.6) is 5.75 Å². The second-order valence-electron chi connectivity index (χ2n) is 6.92. The zero-order valence-corrected chi connectivity index (χ0v) is 16.2. The van der Waals surface area contributed by atoms with Crippen LogP contribution in [0.25, 0.3) is 11.5 Å². The summed E-state index contributed by atoms with van der Waals surface area (Å²) in [6.07, 6.45) is 4.02. The molecular formula is C21H19F2N5O2. The normalized spacial score (nSPS) is 15.6. The molecule has 0 spiro atoms. The fourth-order valence-corrected chi connectivity index (χ4v) is 3.50. The number of primary amides is 1. The summed E-state index contributed by atoms with van der Waals surface area (Å²) < 4.78 is 33.2. The average Bonchev–Trinajstić information content (AvgIpc) is 2.75. The summed E-state index contributed by atoms with van der Waals surface area (Å²) in [5, 5.41) is 0. The van der Waals surface area contributed by atoms with Crippen molar-refractivity contribution >= 4 is 11.6 Å². The molecule has 0 saturated heterocycles. The maximum atomic E-state index is 14.2. The minimum Gasteiger partial charge on any atom is -0.481 e. The number of benzene rings is 1. The second-order valence-corrected chi connectivity index (χ2v) is 6.92. The third-order valence-electron chi connectivity index (χ3n) is 4.98. The fraction of sp³-hybridized carbons (Fsp3) is 0.238. The van der Waals surface area contributed by atoms with Crippen LogP contribution in [0.4, 0.5) is 14.5 Å². The van der Waals surface area contributed by atoms with E-state index in [9.17, 15) is 13.6 Å². The number of amides is 1. The van der Waals surface area contributed by atoms with Crippen molar-refractivity contribution in [3.8, 4) is 17.3 Å². The number of rotatable bonds is 5. The molecule has 2 N–H and O–H groups in total. The van der Waals surface area contributed by atoms with Crippen molar-refractivity contribution < 1.29 is 18.3 Å². The highest BCUT2D eigenvalue weighted by Gasteiger charge is 2.28. The predicted octanol–water partition coefficient (Wildman–Crippen LogP) is 2.80. The molecule has 1 aliphatic rings. The lowest BCUT2D eigenvalue weighted by molar-refractivity contribution is -0.120. The molecule has 0 fully saturated rings. The van der Waals surface area contributed by atoms with E-state index in [0.29, 0.717) is 30.2 Å². The molecule has 0 saturated carbocycles. The van der Waals surface area contributed by atoms with E-state index in [1.54, 1.807) is 12.4 Å². The van der Waals surface area contributed by atoms with E-state index in [2.05, 4.69) is 15.0 Å². The van der Waals surface area contributed by atoms with Gasteiger partial charge in [0.1, 0.15) is 5.69 Å². The molecule has 3 heterocycles. The Bertz CT molecular complexity index is 1090. The molecule has 1 unspecified atom stereocenters. The van der Waals surface area contributed by atoms with E-state index in [0.717, 1.165) is 17.3 Å². The molecule has 0 bridgehead atoms. The van der Waals surface area contributed by atoms with Gasteiger partial charge in [-0.3, -0.25) is 9.78 Å². The summed E-state index contributed by atoms with van der Waals surface area (Å²) in [4.78, 5) is 26.2. The number of carbonyl (C=O) groups is 1. The number of anilines is 1. The van der Waals surface area contributed by atoms with Gasteiger partial charge in [-0.15, -0.1) is 0 Å². The first-order valence-electron chi connectivity index (χ1n) is 9.38. The summed E-state index contributed by atoms with van der Waals surface area (Å²) in [7, 11) is 0. The van der Waals surface area contributed by atoms with Crippen LogP contribution in [0.2, 0.25) is 0 Å². The molecule has 1 amide bonds. The fourth-order valence-electron chi connectivity index (χ4n) is 3.50. The number of carbonyl (C=O) groups excluding carboxylic acids is 1. The van der Waals surface area contributed by atoms with Crippen LogP contribution in [0.3, 0.4) is 0 Å². The molecule has 154 valence electrons. The Hall–Kier alpha value is -3.62. The summed E-state index contributed by atoms with van der Waals surface area (Å²) in [6, 6.07) is 7.83. The first kappa shape index (κ1) is 19.7. The van der Waals surface area contributed by atoms with Crippen LogP contribution >= 0.6 is 0 Å². The summed E-state index contributed by atoms with van der Waals surface area (Å²) in [5.41, 5.74) is 7.93. The summed E-state index contributed by atoms with van der Waals surface area (Å²) in [6.45, 7) is 1.93. The van der Waals surface area contributed by atoms with Gasteiger partial charge >= 0.3 is 0 Å². The number of pyridine rings is 1. The molecule has 2 aromatic heterocycles. The Kier molecular flexibility index (Phi) is 5.26. The highest BCUT2D eigenvalue weighted by molar-refractivity contribution is 5.75. The van der Waals surface area contributed by atoms with Gasteiger partial charge in [0.2, 0.25) is 5.82 Å². The molecule has 3 aromatic rings. The number of hydrogen-bond donors (Lipinski definition) is 1. The quantitative estimate of drug-likeness (QED) is 0.694. The highest BCUT2D eigenvalue weighted by atomic mass is 19.2. The monoisotopic (exact) mass is 411 g/mol. The third-order valence-corrected chi connectivity index (χ3v) is 4.98. The third kappa shape index (κ3) is 3.78. The van der Waals surface area contributed by atoms with Gasteiger partial charge in [-0.05, 0) is 19.1 Å². The number of nitrogens with zero attached hydrogens (tertiary/aromatic N) is 4. The van der Waals surface area contributed by atoms with E-state index >= 15 is 0 Å². The number of nitrogens with two attached hydrogens (primary N) is 1. The lowest BCUT2D eigenvalue weighted by atomic mass is 9.98. The molecule has 0 aliphatic carbocycles. The van der Waals surface area contributed by atoms with Crippen molar-refractivity contribution in [3.63, 3.8) is 0 Å². The van der Waals surface area contributed by atoms with Crippen molar-refractivity contribution in [2.45, 2.75) is 19.4 Å². The number of fused-ring (bicyclic) bond motifs is 1. The first-order valence-corrected chi connectivity index (χ1v) is 9.38. The van der Waals surface area contributed by atoms with Crippen LogP contribution in [0.15, 0.2) is 42.7 Å². The van der Waals surface area contributed by atoms with E-state index in [1.165, 1.54) is 6.07 Å². The first-order chi connectivity index (χ1) is 14.4. The summed E-state index contributed by atoms with van der Waals surface area (Å²) in [5.74, 6) is -2.81. The molecule has 0 radical (unpaired) electrons.